The summed E-state index contributed by atoms with van der Waals surface area (Å²) in [6.07, 6.45) is 1.99. The highest BCUT2D eigenvalue weighted by Crippen LogP contribution is 2.40. The normalized spacial score (nSPS) is 15.5. The lowest BCUT2D eigenvalue weighted by Gasteiger charge is -1.98. The van der Waals surface area contributed by atoms with E-state index in [9.17, 15) is 4.79 Å². The lowest BCUT2D eigenvalue weighted by Crippen LogP contribution is -1.93. The molecule has 4 aromatic rings. The molecule has 1 N–H and O–H groups in total. The maximum atomic E-state index is 12.5. The average Bonchev–Trinajstić information content (AvgIpc) is 3.13. The molecule has 0 amide bonds. The summed E-state index contributed by atoms with van der Waals surface area (Å²) in [7, 11) is 0. The molecule has 1 aliphatic heterocycles. The lowest BCUT2D eigenvalue weighted by atomic mass is 10.1. The van der Waals surface area contributed by atoms with E-state index in [1.807, 2.05) is 42.5 Å². The van der Waals surface area contributed by atoms with Crippen LogP contribution in [0.5, 0.6) is 0 Å². The maximum Gasteiger partial charge on any atom is 0.200 e. The van der Waals surface area contributed by atoms with Gasteiger partial charge in [0.1, 0.15) is 0 Å². The summed E-state index contributed by atoms with van der Waals surface area (Å²) in [5.74, 6) is 0.120. The maximum absolute atomic E-state index is 12.5. The quantitative estimate of drug-likeness (QED) is 0.458. The molecule has 0 fully saturated rings. The van der Waals surface area contributed by atoms with Gasteiger partial charge in [-0.15, -0.1) is 0 Å². The molecule has 0 radical (unpaired) electrons. The Morgan fingerprint density at radius 2 is 1.62 bits per heavy atom. The monoisotopic (exact) mass is 327 g/mol. The molecule has 2 nitrogen and oxygen atoms in total. The minimum absolute atomic E-state index is 0.120. The van der Waals surface area contributed by atoms with Crippen molar-refractivity contribution in [1.82, 2.24) is 4.98 Å². The molecule has 0 bridgehead atoms. The summed E-state index contributed by atoms with van der Waals surface area (Å²) in [6, 6.07) is 22.4. The van der Waals surface area contributed by atoms with Crippen LogP contribution in [-0.4, -0.2) is 10.8 Å². The first-order chi connectivity index (χ1) is 11.8. The fourth-order valence-corrected chi connectivity index (χ4v) is 4.29. The van der Waals surface area contributed by atoms with Crippen LogP contribution in [0.4, 0.5) is 0 Å². The Kier molecular flexibility index (Phi) is 2.91. The minimum Gasteiger partial charge on any atom is -0.355 e. The van der Waals surface area contributed by atoms with Crippen LogP contribution in [0.2, 0.25) is 0 Å². The number of ketones is 1. The third-order valence-electron chi connectivity index (χ3n) is 4.40. The molecule has 114 valence electrons. The number of H-pyrrole nitrogens is 1. The number of Topliss-reactive ketones (excluding diaryl/α,β-unsaturated/α-hetero) is 1. The Bertz CT molecular complexity index is 1150. The SMILES string of the molecule is O=C1/C(=C\c2ccc3[nH]c4ccccc4c3c2)Sc2ccccc21. The van der Waals surface area contributed by atoms with Crippen molar-refractivity contribution in [2.75, 3.05) is 0 Å². The van der Waals surface area contributed by atoms with Gasteiger partial charge in [0.2, 0.25) is 5.78 Å². The second kappa shape index (κ2) is 5.11. The van der Waals surface area contributed by atoms with Gasteiger partial charge >= 0.3 is 0 Å². The van der Waals surface area contributed by atoms with Crippen molar-refractivity contribution >= 4 is 45.4 Å². The fourth-order valence-electron chi connectivity index (χ4n) is 3.24. The first kappa shape index (κ1) is 13.6. The summed E-state index contributed by atoms with van der Waals surface area (Å²) in [6.45, 7) is 0. The molecule has 0 unspecified atom stereocenters. The van der Waals surface area contributed by atoms with E-state index in [-0.39, 0.29) is 5.78 Å². The summed E-state index contributed by atoms with van der Waals surface area (Å²) < 4.78 is 0. The molecule has 1 aromatic heterocycles. The van der Waals surface area contributed by atoms with E-state index in [4.69, 9.17) is 0 Å². The molecule has 1 aliphatic rings. The standard InChI is InChI=1S/C21H13NOS/c23-21-15-6-2-4-8-19(15)24-20(21)12-13-9-10-18-16(11-13)14-5-1-3-7-17(14)22-18/h1-12,22H/b20-12+. The zero-order chi connectivity index (χ0) is 16.1. The van der Waals surface area contributed by atoms with Gasteiger partial charge in [0.15, 0.2) is 0 Å². The predicted octanol–water partition coefficient (Wildman–Crippen LogP) is 5.65. The molecular formula is C21H13NOS. The number of hydrogen-bond acceptors (Lipinski definition) is 2. The molecule has 3 aromatic carbocycles. The third kappa shape index (κ3) is 2.02. The minimum atomic E-state index is 0.120. The highest BCUT2D eigenvalue weighted by Gasteiger charge is 2.25. The Hall–Kier alpha value is -2.78. The van der Waals surface area contributed by atoms with E-state index in [1.165, 1.54) is 10.8 Å². The van der Waals surface area contributed by atoms with Gasteiger partial charge in [0.25, 0.3) is 0 Å². The molecule has 5 rings (SSSR count). The molecular weight excluding hydrogens is 314 g/mol. The van der Waals surface area contributed by atoms with Crippen molar-refractivity contribution in [3.63, 3.8) is 0 Å². The molecule has 0 saturated carbocycles. The van der Waals surface area contributed by atoms with Gasteiger partial charge in [-0.2, -0.15) is 0 Å². The van der Waals surface area contributed by atoms with Crippen molar-refractivity contribution in [1.29, 1.82) is 0 Å². The fraction of sp³-hybridized carbons (Fsp3) is 0. The van der Waals surface area contributed by atoms with Crippen LogP contribution in [0.15, 0.2) is 76.5 Å². The number of fused-ring (bicyclic) bond motifs is 4. The first-order valence-corrected chi connectivity index (χ1v) is 8.65. The Labute approximate surface area is 143 Å². The van der Waals surface area contributed by atoms with Crippen LogP contribution < -0.4 is 0 Å². The number of thioether (sulfide) groups is 1. The number of allylic oxidation sites excluding steroid dienone is 1. The van der Waals surface area contributed by atoms with Crippen molar-refractivity contribution in [3.8, 4) is 0 Å². The summed E-state index contributed by atoms with van der Waals surface area (Å²) in [5.41, 5.74) is 4.11. The number of rotatable bonds is 1. The van der Waals surface area contributed by atoms with E-state index in [2.05, 4.69) is 35.3 Å². The van der Waals surface area contributed by atoms with Crippen LogP contribution in [0, 0.1) is 0 Å². The van der Waals surface area contributed by atoms with Gasteiger partial charge in [-0.3, -0.25) is 4.79 Å². The van der Waals surface area contributed by atoms with Gasteiger partial charge in [0.05, 0.1) is 4.91 Å². The van der Waals surface area contributed by atoms with Crippen LogP contribution >= 0.6 is 11.8 Å². The Morgan fingerprint density at radius 1 is 0.833 bits per heavy atom. The number of benzene rings is 3. The molecule has 0 spiro atoms. The van der Waals surface area contributed by atoms with Crippen molar-refractivity contribution < 1.29 is 4.79 Å². The van der Waals surface area contributed by atoms with Crippen LogP contribution in [0.25, 0.3) is 27.9 Å². The molecule has 24 heavy (non-hydrogen) atoms. The van der Waals surface area contributed by atoms with Gasteiger partial charge in [0, 0.05) is 32.3 Å². The summed E-state index contributed by atoms with van der Waals surface area (Å²) in [4.78, 5) is 17.8. The number of hydrogen-bond donors (Lipinski definition) is 1. The van der Waals surface area contributed by atoms with Crippen LogP contribution in [0.3, 0.4) is 0 Å². The second-order valence-corrected chi connectivity index (χ2v) is 7.00. The number of para-hydroxylation sites is 1. The van der Waals surface area contributed by atoms with E-state index in [0.29, 0.717) is 0 Å². The van der Waals surface area contributed by atoms with Crippen molar-refractivity contribution in [3.05, 3.63) is 82.8 Å². The topological polar surface area (TPSA) is 32.9 Å². The Morgan fingerprint density at radius 3 is 2.54 bits per heavy atom. The molecule has 0 atom stereocenters. The predicted molar refractivity (Wildman–Crippen MR) is 100 cm³/mol. The number of carbonyl (C=O) groups excluding carboxylic acids is 1. The van der Waals surface area contributed by atoms with Gasteiger partial charge in [-0.05, 0) is 42.0 Å². The highest BCUT2D eigenvalue weighted by atomic mass is 32.2. The lowest BCUT2D eigenvalue weighted by molar-refractivity contribution is 0.104. The second-order valence-electron chi connectivity index (χ2n) is 5.91. The van der Waals surface area contributed by atoms with Crippen LogP contribution in [-0.2, 0) is 0 Å². The largest absolute Gasteiger partial charge is 0.355 e. The summed E-state index contributed by atoms with van der Waals surface area (Å²) >= 11 is 1.55. The molecule has 0 saturated heterocycles. The average molecular weight is 327 g/mol. The number of aromatic amines is 1. The Balaban J connectivity index is 1.63. The smallest absolute Gasteiger partial charge is 0.200 e. The van der Waals surface area contributed by atoms with E-state index in [0.717, 1.165) is 32.0 Å². The molecule has 3 heteroatoms. The first-order valence-electron chi connectivity index (χ1n) is 7.83. The van der Waals surface area contributed by atoms with Gasteiger partial charge in [-0.1, -0.05) is 48.2 Å². The van der Waals surface area contributed by atoms with E-state index < -0.39 is 0 Å². The molecule has 0 aliphatic carbocycles. The van der Waals surface area contributed by atoms with Gasteiger partial charge < -0.3 is 4.98 Å². The zero-order valence-corrected chi connectivity index (χ0v) is 13.6. The van der Waals surface area contributed by atoms with Crippen molar-refractivity contribution in [2.45, 2.75) is 4.90 Å². The van der Waals surface area contributed by atoms with Crippen molar-refractivity contribution in [2.24, 2.45) is 0 Å². The van der Waals surface area contributed by atoms with Gasteiger partial charge in [-0.25, -0.2) is 0 Å². The zero-order valence-electron chi connectivity index (χ0n) is 12.7. The molecule has 2 heterocycles. The third-order valence-corrected chi connectivity index (χ3v) is 5.50. The summed E-state index contributed by atoms with van der Waals surface area (Å²) in [5, 5.41) is 2.40. The number of nitrogens with one attached hydrogen (secondary N) is 1. The van der Waals surface area contributed by atoms with Crippen LogP contribution in [0.1, 0.15) is 15.9 Å². The number of carbonyl (C=O) groups is 1. The highest BCUT2D eigenvalue weighted by molar-refractivity contribution is 8.04. The number of aromatic nitrogens is 1. The van der Waals surface area contributed by atoms with E-state index in [1.54, 1.807) is 11.8 Å². The van der Waals surface area contributed by atoms with E-state index >= 15 is 0 Å².